The Morgan fingerprint density at radius 3 is 2.41 bits per heavy atom. The number of hydrogen-bond donors (Lipinski definition) is 1. The van der Waals surface area contributed by atoms with Crippen LogP contribution in [0.1, 0.15) is 11.1 Å². The summed E-state index contributed by atoms with van der Waals surface area (Å²) in [6.45, 7) is 3.31. The average Bonchev–Trinajstić information content (AvgIpc) is 2.77. The van der Waals surface area contributed by atoms with Gasteiger partial charge in [-0.15, -0.1) is 0 Å². The van der Waals surface area contributed by atoms with Crippen LogP contribution in [0, 0.1) is 13.8 Å². The Balaban J connectivity index is 1.69. The molecule has 0 saturated heterocycles. The summed E-state index contributed by atoms with van der Waals surface area (Å²) in [5.41, 5.74) is 2.85. The highest BCUT2D eigenvalue weighted by atomic mass is 35.5. The molecule has 162 valence electrons. The van der Waals surface area contributed by atoms with E-state index < -0.39 is 11.3 Å². The highest BCUT2D eigenvalue weighted by Crippen LogP contribution is 2.32. The van der Waals surface area contributed by atoms with E-state index in [1.807, 2.05) is 32.0 Å². The maximum absolute atomic E-state index is 13.2. The van der Waals surface area contributed by atoms with Crippen LogP contribution in [0.3, 0.4) is 0 Å². The number of nitrogens with one attached hydrogen (secondary N) is 1. The number of rotatable bonds is 5. The molecule has 0 aliphatic rings. The first-order chi connectivity index (χ1) is 15.3. The van der Waals surface area contributed by atoms with Crippen LogP contribution in [-0.2, 0) is 4.79 Å². The van der Waals surface area contributed by atoms with Crippen molar-refractivity contribution in [2.45, 2.75) is 13.8 Å². The largest absolute Gasteiger partial charge is 0.476 e. The summed E-state index contributed by atoms with van der Waals surface area (Å²) in [5.74, 6) is -0.248. The Kier molecular flexibility index (Phi) is 6.21. The van der Waals surface area contributed by atoms with Gasteiger partial charge in [0.05, 0.1) is 5.39 Å². The number of aryl methyl sites for hydroxylation is 2. The molecule has 5 nitrogen and oxygen atoms in total. The molecule has 4 rings (SSSR count). The Bertz CT molecular complexity index is 1380. The Morgan fingerprint density at radius 1 is 0.969 bits per heavy atom. The van der Waals surface area contributed by atoms with Crippen molar-refractivity contribution in [3.05, 3.63) is 92.1 Å². The minimum absolute atomic E-state index is 0.0549. The minimum Gasteiger partial charge on any atom is -0.476 e. The van der Waals surface area contributed by atoms with Gasteiger partial charge in [0.15, 0.2) is 12.4 Å². The van der Waals surface area contributed by atoms with Crippen LogP contribution in [0.5, 0.6) is 5.75 Å². The van der Waals surface area contributed by atoms with Crippen molar-refractivity contribution in [3.8, 4) is 17.1 Å². The lowest BCUT2D eigenvalue weighted by Gasteiger charge is -2.13. The number of benzene rings is 3. The van der Waals surface area contributed by atoms with E-state index in [4.69, 9.17) is 32.4 Å². The van der Waals surface area contributed by atoms with Gasteiger partial charge in [-0.2, -0.15) is 0 Å². The topological polar surface area (TPSA) is 68.5 Å². The molecule has 0 atom stereocenters. The summed E-state index contributed by atoms with van der Waals surface area (Å²) in [7, 11) is 0. The summed E-state index contributed by atoms with van der Waals surface area (Å²) in [6.07, 6.45) is 0. The number of fused-ring (bicyclic) bond motifs is 1. The first kappa shape index (κ1) is 21.9. The van der Waals surface area contributed by atoms with E-state index >= 15 is 0 Å². The van der Waals surface area contributed by atoms with Gasteiger partial charge in [-0.05, 0) is 49.2 Å². The maximum atomic E-state index is 13.2. The van der Waals surface area contributed by atoms with E-state index in [1.165, 1.54) is 0 Å². The van der Waals surface area contributed by atoms with Gasteiger partial charge < -0.3 is 14.5 Å². The lowest BCUT2D eigenvalue weighted by Crippen LogP contribution is -2.22. The molecular formula is C25H19Cl2NO4. The van der Waals surface area contributed by atoms with Gasteiger partial charge in [0.1, 0.15) is 5.58 Å². The lowest BCUT2D eigenvalue weighted by atomic mass is 10.1. The number of amides is 1. The first-order valence-electron chi connectivity index (χ1n) is 9.84. The Labute approximate surface area is 194 Å². The molecule has 0 saturated carbocycles. The highest BCUT2D eigenvalue weighted by molar-refractivity contribution is 6.32. The molecular weight excluding hydrogens is 449 g/mol. The van der Waals surface area contributed by atoms with Gasteiger partial charge in [0, 0.05) is 21.3 Å². The zero-order chi connectivity index (χ0) is 22.8. The Hall–Kier alpha value is -3.28. The number of carbonyl (C=O) groups excluding carboxylic acids is 1. The molecule has 1 N–H and O–H groups in total. The number of ether oxygens (including phenoxy) is 1. The monoisotopic (exact) mass is 467 g/mol. The molecule has 0 spiro atoms. The van der Waals surface area contributed by atoms with Gasteiger partial charge >= 0.3 is 0 Å². The molecule has 0 unspecified atom stereocenters. The molecule has 1 heterocycles. The quantitative estimate of drug-likeness (QED) is 0.368. The van der Waals surface area contributed by atoms with Crippen LogP contribution in [0.4, 0.5) is 5.69 Å². The SMILES string of the molecule is Cc1ccc(NC(=O)COc2c(-c3ccccc3)oc3cc(C)c(Cl)cc3c2=O)cc1Cl. The third-order valence-corrected chi connectivity index (χ3v) is 5.78. The van der Waals surface area contributed by atoms with Gasteiger partial charge in [-0.3, -0.25) is 9.59 Å². The van der Waals surface area contributed by atoms with Crippen LogP contribution >= 0.6 is 23.2 Å². The van der Waals surface area contributed by atoms with Crippen LogP contribution < -0.4 is 15.5 Å². The molecule has 0 fully saturated rings. The van der Waals surface area contributed by atoms with Crippen molar-refractivity contribution >= 4 is 45.8 Å². The van der Waals surface area contributed by atoms with Crippen molar-refractivity contribution in [1.82, 2.24) is 0 Å². The minimum atomic E-state index is -0.439. The zero-order valence-corrected chi connectivity index (χ0v) is 18.9. The molecule has 4 aromatic rings. The first-order valence-corrected chi connectivity index (χ1v) is 10.6. The Morgan fingerprint density at radius 2 is 1.69 bits per heavy atom. The molecule has 32 heavy (non-hydrogen) atoms. The molecule has 0 aliphatic carbocycles. The van der Waals surface area contributed by atoms with Gasteiger partial charge in [-0.25, -0.2) is 0 Å². The van der Waals surface area contributed by atoms with E-state index in [0.29, 0.717) is 26.9 Å². The summed E-state index contributed by atoms with van der Waals surface area (Å²) in [4.78, 5) is 25.7. The molecule has 0 aliphatic heterocycles. The van der Waals surface area contributed by atoms with Gasteiger partial charge in [0.25, 0.3) is 5.91 Å². The van der Waals surface area contributed by atoms with Crippen LogP contribution in [0.15, 0.2) is 69.9 Å². The molecule has 1 amide bonds. The predicted octanol–water partition coefficient (Wildman–Crippen LogP) is 6.40. The summed E-state index contributed by atoms with van der Waals surface area (Å²) < 4.78 is 11.7. The highest BCUT2D eigenvalue weighted by Gasteiger charge is 2.20. The van der Waals surface area contributed by atoms with E-state index in [-0.39, 0.29) is 23.5 Å². The van der Waals surface area contributed by atoms with E-state index in [9.17, 15) is 9.59 Å². The van der Waals surface area contributed by atoms with Crippen molar-refractivity contribution in [2.24, 2.45) is 0 Å². The predicted molar refractivity (Wildman–Crippen MR) is 128 cm³/mol. The number of halogens is 2. The second-order valence-electron chi connectivity index (χ2n) is 7.35. The van der Waals surface area contributed by atoms with Crippen molar-refractivity contribution in [2.75, 3.05) is 11.9 Å². The molecule has 3 aromatic carbocycles. The fourth-order valence-corrected chi connectivity index (χ4v) is 3.56. The molecule has 7 heteroatoms. The van der Waals surface area contributed by atoms with Crippen molar-refractivity contribution < 1.29 is 13.9 Å². The number of carbonyl (C=O) groups is 1. The zero-order valence-electron chi connectivity index (χ0n) is 17.4. The van der Waals surface area contributed by atoms with E-state index in [2.05, 4.69) is 5.32 Å². The van der Waals surface area contributed by atoms with Crippen molar-refractivity contribution in [1.29, 1.82) is 0 Å². The van der Waals surface area contributed by atoms with Crippen LogP contribution in [0.2, 0.25) is 10.0 Å². The maximum Gasteiger partial charge on any atom is 0.262 e. The van der Waals surface area contributed by atoms with E-state index in [0.717, 1.165) is 11.1 Å². The molecule has 0 radical (unpaired) electrons. The third-order valence-electron chi connectivity index (χ3n) is 4.97. The normalized spacial score (nSPS) is 10.9. The average molecular weight is 468 g/mol. The second-order valence-corrected chi connectivity index (χ2v) is 8.17. The smallest absolute Gasteiger partial charge is 0.262 e. The molecule has 0 bridgehead atoms. The second kappa shape index (κ2) is 9.07. The summed E-state index contributed by atoms with van der Waals surface area (Å²) in [6, 6.07) is 17.6. The van der Waals surface area contributed by atoms with Gasteiger partial charge in [-0.1, -0.05) is 59.6 Å². The number of anilines is 1. The third kappa shape index (κ3) is 4.49. The fraction of sp³-hybridized carbons (Fsp3) is 0.120. The van der Waals surface area contributed by atoms with Crippen LogP contribution in [-0.4, -0.2) is 12.5 Å². The molecule has 1 aromatic heterocycles. The van der Waals surface area contributed by atoms with Gasteiger partial charge in [0.2, 0.25) is 11.2 Å². The summed E-state index contributed by atoms with van der Waals surface area (Å²) >= 11 is 12.3. The number of hydrogen-bond acceptors (Lipinski definition) is 4. The lowest BCUT2D eigenvalue weighted by molar-refractivity contribution is -0.118. The standard InChI is InChI=1S/C25H19Cl2NO4/c1-14-8-9-17(11-19(14)26)28-22(29)13-31-25-23(30)18-12-20(27)15(2)10-21(18)32-24(25)16-6-4-3-5-7-16/h3-12H,13H2,1-2H3,(H,28,29). The summed E-state index contributed by atoms with van der Waals surface area (Å²) in [5, 5.41) is 3.97. The van der Waals surface area contributed by atoms with Crippen molar-refractivity contribution in [3.63, 3.8) is 0 Å². The van der Waals surface area contributed by atoms with Crippen LogP contribution in [0.25, 0.3) is 22.3 Å². The van der Waals surface area contributed by atoms with E-state index in [1.54, 1.807) is 42.5 Å². The fourth-order valence-electron chi connectivity index (χ4n) is 3.21.